The average molecular weight is 391 g/mol. The number of ether oxygens (including phenoxy) is 1. The molecule has 1 saturated heterocycles. The fourth-order valence-electron chi connectivity index (χ4n) is 2.66. The molecule has 0 atom stereocenters. The van der Waals surface area contributed by atoms with Crippen LogP contribution in [-0.4, -0.2) is 42.2 Å². The van der Waals surface area contributed by atoms with Crippen molar-refractivity contribution in [3.8, 4) is 5.75 Å². The number of nitrogens with zero attached hydrogens (tertiary/aromatic N) is 1. The van der Waals surface area contributed by atoms with Gasteiger partial charge in [0.15, 0.2) is 0 Å². The number of piperidine rings is 1. The average Bonchev–Trinajstić information content (AvgIpc) is 2.48. The fraction of sp³-hybridized carbons (Fsp3) is 0.562. The topological polar surface area (TPSA) is 49.8 Å². The van der Waals surface area contributed by atoms with E-state index in [1.807, 2.05) is 0 Å². The van der Waals surface area contributed by atoms with Gasteiger partial charge in [-0.25, -0.2) is 0 Å². The van der Waals surface area contributed by atoms with Gasteiger partial charge in [0.25, 0.3) is 0 Å². The van der Waals surface area contributed by atoms with Crippen LogP contribution in [-0.2, 0) is 11.2 Å². The quantitative estimate of drug-likeness (QED) is 0.765. The molecule has 22 heavy (non-hydrogen) atoms. The van der Waals surface area contributed by atoms with Crippen LogP contribution in [0.1, 0.15) is 31.2 Å². The third-order valence-electron chi connectivity index (χ3n) is 3.80. The second kappa shape index (κ2) is 8.75. The van der Waals surface area contributed by atoms with Crippen molar-refractivity contribution in [2.75, 3.05) is 26.2 Å². The van der Waals surface area contributed by atoms with Crippen LogP contribution in [0.4, 0.5) is 0 Å². The number of carbonyl (C=O) groups is 1. The number of rotatable bonds is 7. The predicted octanol–water partition coefficient (Wildman–Crippen LogP) is 3.98. The van der Waals surface area contributed by atoms with Crippen molar-refractivity contribution in [1.82, 2.24) is 4.90 Å². The summed E-state index contributed by atoms with van der Waals surface area (Å²) in [5, 5.41) is 9.44. The number of aliphatic carboxylic acids is 1. The number of hydrogen-bond donors (Lipinski definition) is 1. The highest BCUT2D eigenvalue weighted by Crippen LogP contribution is 2.33. The predicted molar refractivity (Wildman–Crippen MR) is 90.9 cm³/mol. The summed E-state index contributed by atoms with van der Waals surface area (Å²) in [6, 6.07) is 3.56. The van der Waals surface area contributed by atoms with Crippen LogP contribution in [0.15, 0.2) is 16.6 Å². The molecular formula is C16H21BrClNO3. The number of carboxylic acids is 1. The van der Waals surface area contributed by atoms with Gasteiger partial charge in [0, 0.05) is 18.0 Å². The molecule has 1 fully saturated rings. The van der Waals surface area contributed by atoms with Gasteiger partial charge in [0.1, 0.15) is 12.4 Å². The van der Waals surface area contributed by atoms with Crippen molar-refractivity contribution < 1.29 is 14.6 Å². The molecule has 1 heterocycles. The molecule has 1 aromatic rings. The smallest absolute Gasteiger partial charge is 0.303 e. The Hall–Kier alpha value is -0.780. The zero-order valence-corrected chi connectivity index (χ0v) is 14.8. The lowest BCUT2D eigenvalue weighted by Gasteiger charge is -2.26. The first-order chi connectivity index (χ1) is 10.6. The summed E-state index contributed by atoms with van der Waals surface area (Å²) in [5.74, 6) is -0.113. The second-order valence-electron chi connectivity index (χ2n) is 5.52. The molecule has 0 saturated carbocycles. The molecule has 1 aromatic carbocycles. The zero-order chi connectivity index (χ0) is 15.9. The van der Waals surface area contributed by atoms with E-state index in [0.29, 0.717) is 23.8 Å². The molecule has 0 unspecified atom stereocenters. The Labute approximate surface area is 144 Å². The lowest BCUT2D eigenvalue weighted by atomic mass is 10.1. The molecule has 0 bridgehead atoms. The molecule has 6 heteroatoms. The van der Waals surface area contributed by atoms with Gasteiger partial charge in [-0.15, -0.1) is 0 Å². The minimum absolute atomic E-state index is 0.0647. The van der Waals surface area contributed by atoms with Crippen LogP contribution in [0.25, 0.3) is 0 Å². The third-order valence-corrected chi connectivity index (χ3v) is 4.60. The van der Waals surface area contributed by atoms with E-state index in [1.54, 1.807) is 12.1 Å². The Bertz CT molecular complexity index is 518. The van der Waals surface area contributed by atoms with Crippen LogP contribution < -0.4 is 4.74 Å². The second-order valence-corrected chi connectivity index (χ2v) is 6.81. The van der Waals surface area contributed by atoms with Crippen molar-refractivity contribution >= 4 is 33.5 Å². The van der Waals surface area contributed by atoms with Gasteiger partial charge < -0.3 is 9.84 Å². The maximum absolute atomic E-state index is 10.8. The summed E-state index contributed by atoms with van der Waals surface area (Å²) in [5.41, 5.74) is 0.834. The highest BCUT2D eigenvalue weighted by atomic mass is 79.9. The first-order valence-electron chi connectivity index (χ1n) is 7.61. The molecule has 1 aliphatic heterocycles. The highest BCUT2D eigenvalue weighted by Gasteiger charge is 2.14. The van der Waals surface area contributed by atoms with Crippen molar-refractivity contribution in [3.63, 3.8) is 0 Å². The van der Waals surface area contributed by atoms with E-state index in [-0.39, 0.29) is 6.42 Å². The standard InChI is InChI=1S/C16H21BrClNO3/c17-14-11-13(18)10-12(4-5-15(20)21)16(14)22-9-8-19-6-2-1-3-7-19/h10-11H,1-9H2,(H,20,21). The summed E-state index contributed by atoms with van der Waals surface area (Å²) in [6.07, 6.45) is 4.31. The third kappa shape index (κ3) is 5.45. The van der Waals surface area contributed by atoms with E-state index < -0.39 is 5.97 Å². The number of carboxylic acid groups (broad SMARTS) is 1. The summed E-state index contributed by atoms with van der Waals surface area (Å²) < 4.78 is 6.69. The number of likely N-dealkylation sites (tertiary alicyclic amines) is 1. The van der Waals surface area contributed by atoms with Crippen LogP contribution in [0.2, 0.25) is 5.02 Å². The normalized spacial score (nSPS) is 15.7. The van der Waals surface area contributed by atoms with E-state index >= 15 is 0 Å². The van der Waals surface area contributed by atoms with Crippen LogP contribution in [0.5, 0.6) is 5.75 Å². The summed E-state index contributed by atoms with van der Waals surface area (Å²) >= 11 is 9.51. The lowest BCUT2D eigenvalue weighted by Crippen LogP contribution is -2.33. The van der Waals surface area contributed by atoms with Gasteiger partial charge in [-0.2, -0.15) is 0 Å². The highest BCUT2D eigenvalue weighted by molar-refractivity contribution is 9.10. The number of benzene rings is 1. The van der Waals surface area contributed by atoms with E-state index in [2.05, 4.69) is 20.8 Å². The maximum Gasteiger partial charge on any atom is 0.303 e. The minimum Gasteiger partial charge on any atom is -0.491 e. The molecule has 0 aromatic heterocycles. The SMILES string of the molecule is O=C(O)CCc1cc(Cl)cc(Br)c1OCCN1CCCCC1. The van der Waals surface area contributed by atoms with Gasteiger partial charge in [0.05, 0.1) is 4.47 Å². The van der Waals surface area contributed by atoms with Gasteiger partial charge >= 0.3 is 5.97 Å². The van der Waals surface area contributed by atoms with E-state index in [4.69, 9.17) is 21.4 Å². The number of hydrogen-bond acceptors (Lipinski definition) is 3. The van der Waals surface area contributed by atoms with Crippen molar-refractivity contribution in [3.05, 3.63) is 27.2 Å². The molecule has 0 radical (unpaired) electrons. The fourth-order valence-corrected chi connectivity index (χ4v) is 3.65. The van der Waals surface area contributed by atoms with Crippen molar-refractivity contribution in [2.24, 2.45) is 0 Å². The molecule has 1 N–H and O–H groups in total. The molecule has 4 nitrogen and oxygen atoms in total. The monoisotopic (exact) mass is 389 g/mol. The van der Waals surface area contributed by atoms with Gasteiger partial charge in [-0.3, -0.25) is 9.69 Å². The molecule has 1 aliphatic rings. The van der Waals surface area contributed by atoms with Crippen LogP contribution in [0.3, 0.4) is 0 Å². The molecular weight excluding hydrogens is 370 g/mol. The van der Waals surface area contributed by atoms with Crippen molar-refractivity contribution in [2.45, 2.75) is 32.1 Å². The number of aryl methyl sites for hydroxylation is 1. The van der Waals surface area contributed by atoms with Crippen LogP contribution >= 0.6 is 27.5 Å². The Morgan fingerprint density at radius 2 is 2.05 bits per heavy atom. The van der Waals surface area contributed by atoms with Gasteiger partial charge in [0.2, 0.25) is 0 Å². The number of halogens is 2. The first-order valence-corrected chi connectivity index (χ1v) is 8.78. The molecule has 0 aliphatic carbocycles. The Morgan fingerprint density at radius 1 is 1.32 bits per heavy atom. The molecule has 122 valence electrons. The molecule has 2 rings (SSSR count). The van der Waals surface area contributed by atoms with Crippen LogP contribution in [0, 0.1) is 0 Å². The van der Waals surface area contributed by atoms with E-state index in [1.165, 1.54) is 19.3 Å². The summed E-state index contributed by atoms with van der Waals surface area (Å²) in [6.45, 7) is 3.77. The Balaban J connectivity index is 1.96. The zero-order valence-electron chi connectivity index (χ0n) is 12.5. The molecule has 0 amide bonds. The summed E-state index contributed by atoms with van der Waals surface area (Å²) in [4.78, 5) is 13.2. The summed E-state index contributed by atoms with van der Waals surface area (Å²) in [7, 11) is 0. The van der Waals surface area contributed by atoms with Gasteiger partial charge in [-0.05, 0) is 66.0 Å². The minimum atomic E-state index is -0.824. The largest absolute Gasteiger partial charge is 0.491 e. The van der Waals surface area contributed by atoms with Gasteiger partial charge in [-0.1, -0.05) is 18.0 Å². The van der Waals surface area contributed by atoms with Crippen molar-refractivity contribution in [1.29, 1.82) is 0 Å². The van der Waals surface area contributed by atoms with E-state index in [9.17, 15) is 4.79 Å². The Kier molecular flexibility index (Phi) is 6.99. The first kappa shape index (κ1) is 17.6. The Morgan fingerprint density at radius 3 is 2.73 bits per heavy atom. The molecule has 0 spiro atoms. The maximum atomic E-state index is 10.8. The van der Waals surface area contributed by atoms with E-state index in [0.717, 1.165) is 29.7 Å². The lowest BCUT2D eigenvalue weighted by molar-refractivity contribution is -0.136.